The Morgan fingerprint density at radius 1 is 1.06 bits per heavy atom. The van der Waals surface area contributed by atoms with Crippen molar-refractivity contribution in [2.45, 2.75) is 6.18 Å². The zero-order chi connectivity index (χ0) is 23.3. The number of methoxy groups -OCH3 is 1. The van der Waals surface area contributed by atoms with Gasteiger partial charge in [-0.3, -0.25) is 9.63 Å². The third-order valence-electron chi connectivity index (χ3n) is 4.12. The van der Waals surface area contributed by atoms with E-state index in [1.165, 1.54) is 26.4 Å². The first-order chi connectivity index (χ1) is 15.2. The van der Waals surface area contributed by atoms with E-state index in [0.29, 0.717) is 17.6 Å². The van der Waals surface area contributed by atoms with Gasteiger partial charge >= 0.3 is 6.18 Å². The van der Waals surface area contributed by atoms with Gasteiger partial charge in [0.1, 0.15) is 17.1 Å². The molecule has 0 bridgehead atoms. The molecule has 0 aliphatic heterocycles. The summed E-state index contributed by atoms with van der Waals surface area (Å²) in [6.07, 6.45) is -4.08. The maximum Gasteiger partial charge on any atom is 0.421 e. The van der Waals surface area contributed by atoms with Gasteiger partial charge in [-0.2, -0.15) is 18.2 Å². The van der Waals surface area contributed by atoms with Crippen molar-refractivity contribution >= 4 is 45.0 Å². The molecule has 3 rings (SSSR count). The minimum Gasteiger partial charge on any atom is -0.495 e. The summed E-state index contributed by atoms with van der Waals surface area (Å²) in [6, 6.07) is 11.0. The fourth-order valence-electron chi connectivity index (χ4n) is 2.70. The van der Waals surface area contributed by atoms with E-state index in [0.717, 1.165) is 4.47 Å². The van der Waals surface area contributed by atoms with Crippen molar-refractivity contribution in [2.75, 3.05) is 24.9 Å². The number of rotatable bonds is 7. The largest absolute Gasteiger partial charge is 0.495 e. The number of para-hydroxylation sites is 1. The van der Waals surface area contributed by atoms with Crippen LogP contribution in [-0.2, 0) is 11.0 Å². The summed E-state index contributed by atoms with van der Waals surface area (Å²) in [5.41, 5.74) is 1.63. The Balaban J connectivity index is 2.01. The van der Waals surface area contributed by atoms with Crippen molar-refractivity contribution in [2.24, 2.45) is 0 Å². The fourth-order valence-corrected chi connectivity index (χ4v) is 3.04. The van der Waals surface area contributed by atoms with Crippen LogP contribution in [0.1, 0.15) is 15.9 Å². The van der Waals surface area contributed by atoms with Crippen LogP contribution >= 0.6 is 15.9 Å². The Morgan fingerprint density at radius 2 is 1.81 bits per heavy atom. The number of nitrogens with zero attached hydrogens (tertiary/aromatic N) is 2. The molecule has 3 aromatic rings. The first kappa shape index (κ1) is 23.3. The highest BCUT2D eigenvalue weighted by Crippen LogP contribution is 2.36. The van der Waals surface area contributed by atoms with E-state index in [9.17, 15) is 18.0 Å². The third kappa shape index (κ3) is 5.45. The first-order valence-electron chi connectivity index (χ1n) is 8.97. The lowest BCUT2D eigenvalue weighted by atomic mass is 10.1. The summed E-state index contributed by atoms with van der Waals surface area (Å²) >= 11 is 3.32. The monoisotopic (exact) mass is 511 g/mol. The highest BCUT2D eigenvalue weighted by molar-refractivity contribution is 9.10. The van der Waals surface area contributed by atoms with E-state index in [1.807, 2.05) is 0 Å². The van der Waals surface area contributed by atoms with Gasteiger partial charge in [0.05, 0.1) is 31.2 Å². The van der Waals surface area contributed by atoms with Gasteiger partial charge in [-0.25, -0.2) is 10.5 Å². The number of hydroxylamine groups is 1. The summed E-state index contributed by atoms with van der Waals surface area (Å²) in [4.78, 5) is 24.6. The molecule has 1 aromatic heterocycles. The van der Waals surface area contributed by atoms with Crippen molar-refractivity contribution in [1.82, 2.24) is 15.4 Å². The minimum absolute atomic E-state index is 0.0603. The van der Waals surface area contributed by atoms with Crippen LogP contribution in [0.3, 0.4) is 0 Å². The van der Waals surface area contributed by atoms with E-state index in [2.05, 4.69) is 46.8 Å². The van der Waals surface area contributed by atoms with Gasteiger partial charge in [0.25, 0.3) is 5.91 Å². The molecule has 168 valence electrons. The molecule has 1 heterocycles. The lowest BCUT2D eigenvalue weighted by Gasteiger charge is -2.17. The van der Waals surface area contributed by atoms with Gasteiger partial charge in [0.15, 0.2) is 0 Å². The molecular formula is C20H17BrF3N5O3. The molecular weight excluding hydrogens is 495 g/mol. The number of aromatic nitrogens is 2. The summed E-state index contributed by atoms with van der Waals surface area (Å²) in [5, 5.41) is 5.42. The second-order valence-corrected chi connectivity index (χ2v) is 7.14. The number of carbonyl (C=O) groups excluding carboxylic acids is 1. The van der Waals surface area contributed by atoms with Crippen LogP contribution in [0.25, 0.3) is 0 Å². The molecule has 3 N–H and O–H groups in total. The second kappa shape index (κ2) is 9.83. The molecule has 0 fully saturated rings. The maximum atomic E-state index is 13.6. The Morgan fingerprint density at radius 3 is 2.50 bits per heavy atom. The van der Waals surface area contributed by atoms with Gasteiger partial charge in [0, 0.05) is 10.7 Å². The average molecular weight is 512 g/mol. The van der Waals surface area contributed by atoms with Crippen LogP contribution in [0.15, 0.2) is 53.1 Å². The number of alkyl halides is 3. The number of nitrogens with one attached hydrogen (secondary N) is 3. The van der Waals surface area contributed by atoms with E-state index in [4.69, 9.17) is 4.74 Å². The highest BCUT2D eigenvalue weighted by atomic mass is 79.9. The SMILES string of the molecule is CONC(=O)c1ccccc1Nc1nc(Nc2ccc(Br)cc2OC)ncc1C(F)(F)F. The topological polar surface area (TPSA) is 97.4 Å². The number of ether oxygens (including phenoxy) is 1. The van der Waals surface area contributed by atoms with Crippen LogP contribution < -0.4 is 20.9 Å². The van der Waals surface area contributed by atoms with Gasteiger partial charge in [-0.05, 0) is 30.3 Å². The number of amides is 1. The molecule has 12 heteroatoms. The number of carbonyl (C=O) groups is 1. The Bertz CT molecular complexity index is 1130. The van der Waals surface area contributed by atoms with E-state index >= 15 is 0 Å². The fraction of sp³-hybridized carbons (Fsp3) is 0.150. The van der Waals surface area contributed by atoms with Crippen LogP contribution in [0.4, 0.5) is 36.3 Å². The van der Waals surface area contributed by atoms with Gasteiger partial charge in [-0.1, -0.05) is 28.1 Å². The smallest absolute Gasteiger partial charge is 0.421 e. The number of benzene rings is 2. The molecule has 2 aromatic carbocycles. The third-order valence-corrected chi connectivity index (χ3v) is 4.62. The second-order valence-electron chi connectivity index (χ2n) is 6.23. The van der Waals surface area contributed by atoms with Gasteiger partial charge in [0.2, 0.25) is 5.95 Å². The van der Waals surface area contributed by atoms with Gasteiger partial charge in [-0.15, -0.1) is 0 Å². The van der Waals surface area contributed by atoms with Crippen molar-refractivity contribution < 1.29 is 27.5 Å². The lowest BCUT2D eigenvalue weighted by Crippen LogP contribution is -2.23. The Hall–Kier alpha value is -3.38. The minimum atomic E-state index is -4.74. The standard InChI is InChI=1S/C20H17BrF3N5O3/c1-31-16-9-11(21)7-8-15(16)27-19-25-10-13(20(22,23)24)17(28-19)26-14-6-4-3-5-12(14)18(30)29-32-2/h3-10H,1-2H3,(H,29,30)(H2,25,26,27,28). The average Bonchev–Trinajstić information content (AvgIpc) is 2.75. The van der Waals surface area contributed by atoms with Crippen LogP contribution in [0.2, 0.25) is 0 Å². The summed E-state index contributed by atoms with van der Waals surface area (Å²) in [5.74, 6) is -0.862. The molecule has 0 saturated carbocycles. The molecule has 1 amide bonds. The molecule has 0 radical (unpaired) electrons. The van der Waals surface area contributed by atoms with E-state index < -0.39 is 23.5 Å². The molecule has 0 spiro atoms. The van der Waals surface area contributed by atoms with Crippen molar-refractivity contribution in [3.63, 3.8) is 0 Å². The predicted octanol–water partition coefficient (Wildman–Crippen LogP) is 5.04. The van der Waals surface area contributed by atoms with Gasteiger partial charge < -0.3 is 15.4 Å². The maximum absolute atomic E-state index is 13.6. The highest BCUT2D eigenvalue weighted by Gasteiger charge is 2.35. The zero-order valence-corrected chi connectivity index (χ0v) is 18.3. The molecule has 0 saturated heterocycles. The van der Waals surface area contributed by atoms with Crippen LogP contribution in [0, 0.1) is 0 Å². The molecule has 8 nitrogen and oxygen atoms in total. The van der Waals surface area contributed by atoms with Crippen LogP contribution in [0.5, 0.6) is 5.75 Å². The van der Waals surface area contributed by atoms with E-state index in [1.54, 1.807) is 30.3 Å². The quantitative estimate of drug-likeness (QED) is 0.382. The van der Waals surface area contributed by atoms with Crippen LogP contribution in [-0.4, -0.2) is 30.1 Å². The van der Waals surface area contributed by atoms with E-state index in [-0.39, 0.29) is 17.2 Å². The summed E-state index contributed by atoms with van der Waals surface area (Å²) in [6.45, 7) is 0. The molecule has 0 unspecified atom stereocenters. The molecule has 32 heavy (non-hydrogen) atoms. The van der Waals surface area contributed by atoms with Crippen molar-refractivity contribution in [1.29, 1.82) is 0 Å². The zero-order valence-electron chi connectivity index (χ0n) is 16.7. The number of hydrogen-bond acceptors (Lipinski definition) is 7. The van der Waals surface area contributed by atoms with Crippen molar-refractivity contribution in [3.8, 4) is 5.75 Å². The number of halogens is 4. The predicted molar refractivity (Wildman–Crippen MR) is 115 cm³/mol. The number of hydrogen-bond donors (Lipinski definition) is 3. The molecule has 0 atom stereocenters. The normalized spacial score (nSPS) is 11.1. The lowest BCUT2D eigenvalue weighted by molar-refractivity contribution is -0.137. The summed E-state index contributed by atoms with van der Waals surface area (Å²) < 4.78 is 46.8. The molecule has 0 aliphatic rings. The number of anilines is 4. The Kier molecular flexibility index (Phi) is 7.15. The van der Waals surface area contributed by atoms with Crippen molar-refractivity contribution in [3.05, 3.63) is 64.3 Å². The first-order valence-corrected chi connectivity index (χ1v) is 9.76. The Labute approximate surface area is 189 Å². The molecule has 0 aliphatic carbocycles. The summed E-state index contributed by atoms with van der Waals surface area (Å²) in [7, 11) is 2.70.